The van der Waals surface area contributed by atoms with Crippen molar-refractivity contribution in [3.63, 3.8) is 0 Å². The van der Waals surface area contributed by atoms with Crippen LogP contribution in [0.3, 0.4) is 0 Å². The van der Waals surface area contributed by atoms with Gasteiger partial charge in [0.1, 0.15) is 11.6 Å². The van der Waals surface area contributed by atoms with Crippen LogP contribution in [0.1, 0.15) is 31.7 Å². The van der Waals surface area contributed by atoms with Crippen molar-refractivity contribution < 1.29 is 8.42 Å². The number of nitriles is 1. The van der Waals surface area contributed by atoms with E-state index < -0.39 is 10.0 Å². The minimum absolute atomic E-state index is 0.266. The molecule has 0 atom stereocenters. The molecule has 0 unspecified atom stereocenters. The second kappa shape index (κ2) is 11.4. The summed E-state index contributed by atoms with van der Waals surface area (Å²) in [6.07, 6.45) is 6.76. The average molecular weight is 580 g/mol. The monoisotopic (exact) mass is 579 g/mol. The summed E-state index contributed by atoms with van der Waals surface area (Å²) in [5.41, 5.74) is 2.88. The lowest BCUT2D eigenvalue weighted by molar-refractivity contribution is 0.407. The molecule has 4 heterocycles. The zero-order valence-electron chi connectivity index (χ0n) is 22.5. The number of benzene rings is 1. The highest BCUT2D eigenvalue weighted by Gasteiger charge is 2.29. The van der Waals surface area contributed by atoms with Crippen LogP contribution in [0.4, 0.5) is 17.3 Å². The van der Waals surface area contributed by atoms with Crippen molar-refractivity contribution in [2.45, 2.75) is 32.7 Å². The first-order chi connectivity index (χ1) is 19.1. The molecule has 0 spiro atoms. The molecule has 1 aromatic carbocycles. The van der Waals surface area contributed by atoms with Gasteiger partial charge in [0.05, 0.1) is 30.9 Å². The lowest BCUT2D eigenvalue weighted by atomic mass is 9.93. The van der Waals surface area contributed by atoms with Gasteiger partial charge in [-0.2, -0.15) is 10.4 Å². The molecule has 11 nitrogen and oxygen atoms in total. The molecular weight excluding hydrogens is 550 g/mol. The van der Waals surface area contributed by atoms with Gasteiger partial charge in [-0.25, -0.2) is 28.1 Å². The fourth-order valence-corrected chi connectivity index (χ4v) is 5.54. The van der Waals surface area contributed by atoms with Crippen molar-refractivity contribution in [3.05, 3.63) is 53.6 Å². The Balaban J connectivity index is 1.38. The highest BCUT2D eigenvalue weighted by Crippen LogP contribution is 2.37. The van der Waals surface area contributed by atoms with Gasteiger partial charge in [-0.05, 0) is 35.1 Å². The van der Waals surface area contributed by atoms with E-state index in [0.717, 1.165) is 29.5 Å². The molecule has 208 valence electrons. The third-order valence-corrected chi connectivity index (χ3v) is 7.76. The number of halogens is 1. The number of sulfonamides is 1. The molecule has 2 N–H and O–H groups in total. The Bertz CT molecular complexity index is 1690. The number of nitrogens with one attached hydrogen (secondary N) is 2. The van der Waals surface area contributed by atoms with Crippen LogP contribution in [-0.4, -0.2) is 59.0 Å². The maximum Gasteiger partial charge on any atom is 0.208 e. The number of fused-ring (bicyclic) bond motifs is 1. The van der Waals surface area contributed by atoms with Crippen LogP contribution in [0.25, 0.3) is 22.2 Å². The van der Waals surface area contributed by atoms with Gasteiger partial charge in [0.2, 0.25) is 10.0 Å². The molecule has 0 aliphatic carbocycles. The van der Waals surface area contributed by atoms with Crippen molar-refractivity contribution in [1.82, 2.24) is 29.5 Å². The maximum atomic E-state index is 11.4. The van der Waals surface area contributed by atoms with E-state index in [9.17, 15) is 8.42 Å². The Labute approximate surface area is 238 Å². The van der Waals surface area contributed by atoms with Crippen LogP contribution in [0.5, 0.6) is 0 Å². The molecule has 0 radical (unpaired) electrons. The van der Waals surface area contributed by atoms with E-state index >= 15 is 0 Å². The van der Waals surface area contributed by atoms with Crippen LogP contribution in [-0.2, 0) is 16.6 Å². The summed E-state index contributed by atoms with van der Waals surface area (Å²) in [5, 5.41) is 18.8. The fraction of sp³-hybridized carbons (Fsp3) is 0.370. The first-order valence-electron chi connectivity index (χ1n) is 12.9. The van der Waals surface area contributed by atoms with Crippen molar-refractivity contribution in [1.29, 1.82) is 5.26 Å². The molecule has 4 aromatic rings. The van der Waals surface area contributed by atoms with E-state index in [1.54, 1.807) is 23.1 Å². The van der Waals surface area contributed by atoms with Crippen LogP contribution >= 0.6 is 11.6 Å². The molecule has 1 fully saturated rings. The van der Waals surface area contributed by atoms with E-state index in [1.165, 1.54) is 11.8 Å². The topological polar surface area (TPSA) is 142 Å². The number of nitrogens with zero attached hydrogens (tertiary/aromatic N) is 7. The highest BCUT2D eigenvalue weighted by molar-refractivity contribution is 7.88. The van der Waals surface area contributed by atoms with Crippen LogP contribution in [0.15, 0.2) is 42.9 Å². The summed E-state index contributed by atoms with van der Waals surface area (Å²) in [6, 6.07) is 10.2. The van der Waals surface area contributed by atoms with Gasteiger partial charge in [-0.1, -0.05) is 31.5 Å². The first-order valence-corrected chi connectivity index (χ1v) is 15.2. The van der Waals surface area contributed by atoms with Crippen LogP contribution in [0.2, 0.25) is 5.15 Å². The Morgan fingerprint density at radius 2 is 1.98 bits per heavy atom. The van der Waals surface area contributed by atoms with Crippen molar-refractivity contribution in [3.8, 4) is 17.5 Å². The van der Waals surface area contributed by atoms with Crippen LogP contribution < -0.4 is 14.9 Å². The standard InChI is InChI=1S/C27H30ClN9O2S/c1-17(2)19-5-6-23(36-14-18(15-36)12-32-40(3,38)39)21-13-31-25(11-20(19)21)33-24-7-9-30-27(34-24)22-16-37(10-4-8-29)35-26(22)28/h5-7,9,11,13,16-18,32H,4,10,12,14-15H2,1-3H3,(H,30,31,33,34). The van der Waals surface area contributed by atoms with E-state index in [4.69, 9.17) is 16.9 Å². The zero-order chi connectivity index (χ0) is 28.4. The van der Waals surface area contributed by atoms with E-state index in [-0.39, 0.29) is 11.1 Å². The number of hydrogen-bond acceptors (Lipinski definition) is 9. The van der Waals surface area contributed by atoms with Crippen molar-refractivity contribution in [2.75, 3.05) is 36.1 Å². The first kappa shape index (κ1) is 27.8. The van der Waals surface area contributed by atoms with E-state index in [1.807, 2.05) is 12.3 Å². The summed E-state index contributed by atoms with van der Waals surface area (Å²) in [4.78, 5) is 15.9. The fourth-order valence-electron chi connectivity index (χ4n) is 4.78. The Morgan fingerprint density at radius 3 is 2.70 bits per heavy atom. The number of hydrogen-bond donors (Lipinski definition) is 2. The lowest BCUT2D eigenvalue weighted by Crippen LogP contribution is -2.51. The van der Waals surface area contributed by atoms with E-state index in [0.29, 0.717) is 48.5 Å². The van der Waals surface area contributed by atoms with Gasteiger partial charge >= 0.3 is 0 Å². The number of anilines is 3. The number of pyridine rings is 1. The van der Waals surface area contributed by atoms with Gasteiger partial charge in [-0.3, -0.25) is 4.68 Å². The molecule has 0 saturated carbocycles. The van der Waals surface area contributed by atoms with Crippen LogP contribution in [0, 0.1) is 17.2 Å². The minimum Gasteiger partial charge on any atom is -0.370 e. The number of aromatic nitrogens is 5. The minimum atomic E-state index is -3.20. The SMILES string of the molecule is CC(C)c1ccc(N2CC(CNS(C)(=O)=O)C2)c2cnc(Nc3ccnc(-c4cn(CCC#N)nc4Cl)n3)cc12. The lowest BCUT2D eigenvalue weighted by Gasteiger charge is -2.41. The largest absolute Gasteiger partial charge is 0.370 e. The summed E-state index contributed by atoms with van der Waals surface area (Å²) >= 11 is 6.32. The quantitative estimate of drug-likeness (QED) is 0.281. The molecule has 0 bridgehead atoms. The molecule has 40 heavy (non-hydrogen) atoms. The molecule has 1 aliphatic rings. The molecular formula is C27H30ClN9O2S. The van der Waals surface area contributed by atoms with E-state index in [2.05, 4.69) is 67.0 Å². The Morgan fingerprint density at radius 1 is 1.18 bits per heavy atom. The van der Waals surface area contributed by atoms with Gasteiger partial charge in [0, 0.05) is 55.2 Å². The zero-order valence-corrected chi connectivity index (χ0v) is 24.0. The average Bonchev–Trinajstić information content (AvgIpc) is 3.26. The second-order valence-corrected chi connectivity index (χ2v) is 12.4. The third kappa shape index (κ3) is 6.17. The smallest absolute Gasteiger partial charge is 0.208 e. The molecule has 1 aliphatic heterocycles. The molecule has 5 rings (SSSR count). The number of aryl methyl sites for hydroxylation is 1. The Hall–Kier alpha value is -3.79. The summed E-state index contributed by atoms with van der Waals surface area (Å²) < 4.78 is 27.1. The van der Waals surface area contributed by atoms with Crippen molar-refractivity contribution in [2.24, 2.45) is 5.92 Å². The third-order valence-electron chi connectivity index (χ3n) is 6.79. The molecule has 1 saturated heterocycles. The normalized spacial score (nSPS) is 13.9. The van der Waals surface area contributed by atoms with Gasteiger partial charge in [0.25, 0.3) is 0 Å². The van der Waals surface area contributed by atoms with Crippen molar-refractivity contribution >= 4 is 49.7 Å². The molecule has 0 amide bonds. The maximum absolute atomic E-state index is 11.4. The molecule has 3 aromatic heterocycles. The summed E-state index contributed by atoms with van der Waals surface area (Å²) in [7, 11) is -3.20. The van der Waals surface area contributed by atoms with Gasteiger partial charge in [-0.15, -0.1) is 0 Å². The molecule has 13 heteroatoms. The summed E-state index contributed by atoms with van der Waals surface area (Å²) in [6.45, 7) is 6.75. The summed E-state index contributed by atoms with van der Waals surface area (Å²) in [5.74, 6) is 2.19. The Kier molecular flexibility index (Phi) is 7.89. The number of rotatable bonds is 10. The van der Waals surface area contributed by atoms with Gasteiger partial charge in [0.15, 0.2) is 11.0 Å². The second-order valence-electron chi connectivity index (χ2n) is 10.2. The predicted octanol–water partition coefficient (Wildman–Crippen LogP) is 4.31. The highest BCUT2D eigenvalue weighted by atomic mass is 35.5. The van der Waals surface area contributed by atoms with Gasteiger partial charge < -0.3 is 10.2 Å². The predicted molar refractivity (Wildman–Crippen MR) is 156 cm³/mol.